The van der Waals surface area contributed by atoms with Gasteiger partial charge in [-0.2, -0.15) is 4.39 Å². The first-order valence-electron chi connectivity index (χ1n) is 5.48. The molecular weight excluding hydrogens is 225 g/mol. The molecule has 5 nitrogen and oxygen atoms in total. The average molecular weight is 239 g/mol. The lowest BCUT2D eigenvalue weighted by Crippen LogP contribution is -2.30. The quantitative estimate of drug-likeness (QED) is 0.760. The van der Waals surface area contributed by atoms with Crippen molar-refractivity contribution in [2.75, 3.05) is 11.9 Å². The molecule has 1 aromatic heterocycles. The summed E-state index contributed by atoms with van der Waals surface area (Å²) in [6.07, 6.45) is 0.814. The topological polar surface area (TPSA) is 77.2 Å². The smallest absolute Gasteiger partial charge is 0.254 e. The van der Waals surface area contributed by atoms with Crippen LogP contribution in [-0.4, -0.2) is 29.6 Å². The van der Waals surface area contributed by atoms with E-state index in [0.29, 0.717) is 13.0 Å². The second kappa shape index (κ2) is 5.20. The second-order valence-electron chi connectivity index (χ2n) is 3.89. The Labute approximate surface area is 98.2 Å². The Kier molecular flexibility index (Phi) is 3.65. The lowest BCUT2D eigenvalue weighted by molar-refractivity contribution is -0.126. The van der Waals surface area contributed by atoms with Crippen LogP contribution >= 0.6 is 0 Å². The van der Waals surface area contributed by atoms with Crippen molar-refractivity contribution in [1.29, 1.82) is 0 Å². The van der Waals surface area contributed by atoms with Crippen molar-refractivity contribution in [1.82, 2.24) is 4.98 Å². The summed E-state index contributed by atoms with van der Waals surface area (Å²) in [4.78, 5) is 15.3. The number of amides is 1. The fourth-order valence-electron chi connectivity index (χ4n) is 1.76. The Bertz CT molecular complexity index is 413. The van der Waals surface area contributed by atoms with E-state index in [0.717, 1.165) is 6.42 Å². The molecule has 0 bridgehead atoms. The molecule has 2 heterocycles. The largest absolute Gasteiger partial charge is 0.364 e. The van der Waals surface area contributed by atoms with Gasteiger partial charge in [-0.3, -0.25) is 4.79 Å². The van der Waals surface area contributed by atoms with Gasteiger partial charge in [0, 0.05) is 6.54 Å². The molecule has 0 aliphatic carbocycles. The maximum atomic E-state index is 12.8. The molecule has 0 saturated carbocycles. The van der Waals surface area contributed by atoms with Crippen LogP contribution in [0.15, 0.2) is 18.2 Å². The molecule has 3 N–H and O–H groups in total. The number of hydrogen-bond acceptors (Lipinski definition) is 4. The van der Waals surface area contributed by atoms with Gasteiger partial charge in [0.25, 0.3) is 5.91 Å². The minimum Gasteiger partial charge on any atom is -0.364 e. The van der Waals surface area contributed by atoms with Gasteiger partial charge >= 0.3 is 0 Å². The number of carbonyl (C=O) groups excluding carboxylic acids is 1. The highest BCUT2D eigenvalue weighted by molar-refractivity contribution is 5.93. The van der Waals surface area contributed by atoms with E-state index in [1.165, 1.54) is 18.2 Å². The molecule has 1 amide bonds. The number of hydrogen-bond donors (Lipinski definition) is 2. The summed E-state index contributed by atoms with van der Waals surface area (Å²) in [5.74, 6) is -0.746. The van der Waals surface area contributed by atoms with Crippen LogP contribution in [0.25, 0.3) is 0 Å². The van der Waals surface area contributed by atoms with Gasteiger partial charge in [0.05, 0.1) is 6.10 Å². The Morgan fingerprint density at radius 1 is 1.59 bits per heavy atom. The van der Waals surface area contributed by atoms with Gasteiger partial charge in [-0.15, -0.1) is 0 Å². The van der Waals surface area contributed by atoms with Crippen molar-refractivity contribution < 1.29 is 13.9 Å². The highest BCUT2D eigenvalue weighted by atomic mass is 19.1. The zero-order chi connectivity index (χ0) is 12.3. The number of pyridine rings is 1. The van der Waals surface area contributed by atoms with E-state index in [1.54, 1.807) is 0 Å². The predicted molar refractivity (Wildman–Crippen MR) is 59.8 cm³/mol. The lowest BCUT2D eigenvalue weighted by Gasteiger charge is -2.12. The highest BCUT2D eigenvalue weighted by Gasteiger charge is 2.29. The van der Waals surface area contributed by atoms with Crippen molar-refractivity contribution >= 4 is 11.7 Å². The Morgan fingerprint density at radius 3 is 3.06 bits per heavy atom. The van der Waals surface area contributed by atoms with Gasteiger partial charge in [-0.1, -0.05) is 6.07 Å². The molecule has 1 fully saturated rings. The molecule has 2 rings (SSSR count). The molecule has 1 aliphatic heterocycles. The first kappa shape index (κ1) is 11.9. The van der Waals surface area contributed by atoms with E-state index in [1.807, 2.05) is 0 Å². The van der Waals surface area contributed by atoms with Crippen LogP contribution in [0.1, 0.15) is 12.8 Å². The standard InChI is InChI=1S/C11H14FN3O2/c12-9-2-1-3-10(14-9)15-11(16)8-5-4-7(6-13)17-8/h1-3,7-8H,4-6,13H2,(H,14,15,16). The van der Waals surface area contributed by atoms with Gasteiger partial charge in [0.2, 0.25) is 5.95 Å². The number of nitrogens with zero attached hydrogens (tertiary/aromatic N) is 1. The molecule has 6 heteroatoms. The van der Waals surface area contributed by atoms with E-state index >= 15 is 0 Å². The van der Waals surface area contributed by atoms with E-state index in [9.17, 15) is 9.18 Å². The van der Waals surface area contributed by atoms with Crippen molar-refractivity contribution in [3.8, 4) is 0 Å². The molecule has 0 aromatic carbocycles. The number of anilines is 1. The molecule has 17 heavy (non-hydrogen) atoms. The summed E-state index contributed by atoms with van der Waals surface area (Å²) in [5.41, 5.74) is 5.45. The first-order valence-corrected chi connectivity index (χ1v) is 5.48. The maximum Gasteiger partial charge on any atom is 0.254 e. The molecule has 2 atom stereocenters. The number of ether oxygens (including phenoxy) is 1. The molecule has 0 radical (unpaired) electrons. The van der Waals surface area contributed by atoms with Crippen molar-refractivity contribution in [2.24, 2.45) is 5.73 Å². The van der Waals surface area contributed by atoms with Gasteiger partial charge in [0.1, 0.15) is 11.9 Å². The van der Waals surface area contributed by atoms with Crippen LogP contribution in [0, 0.1) is 5.95 Å². The normalized spacial score (nSPS) is 23.6. The van der Waals surface area contributed by atoms with Gasteiger partial charge < -0.3 is 15.8 Å². The number of halogens is 1. The minimum absolute atomic E-state index is 0.0637. The summed E-state index contributed by atoms with van der Waals surface area (Å²) in [6.45, 7) is 0.405. The van der Waals surface area contributed by atoms with Crippen molar-refractivity contribution in [2.45, 2.75) is 25.0 Å². The highest BCUT2D eigenvalue weighted by Crippen LogP contribution is 2.20. The second-order valence-corrected chi connectivity index (χ2v) is 3.89. The third kappa shape index (κ3) is 2.98. The third-order valence-corrected chi connectivity index (χ3v) is 2.63. The Balaban J connectivity index is 1.93. The Morgan fingerprint density at radius 2 is 2.41 bits per heavy atom. The summed E-state index contributed by atoms with van der Waals surface area (Å²) in [5, 5.41) is 2.51. The lowest BCUT2D eigenvalue weighted by atomic mass is 10.2. The zero-order valence-corrected chi connectivity index (χ0v) is 9.23. The van der Waals surface area contributed by atoms with E-state index in [-0.39, 0.29) is 17.8 Å². The summed E-state index contributed by atoms with van der Waals surface area (Å²) in [6, 6.07) is 4.22. The molecule has 1 aromatic rings. The molecule has 1 aliphatic rings. The zero-order valence-electron chi connectivity index (χ0n) is 9.23. The van der Waals surface area contributed by atoms with Crippen LogP contribution in [0.3, 0.4) is 0 Å². The van der Waals surface area contributed by atoms with E-state index in [4.69, 9.17) is 10.5 Å². The fraction of sp³-hybridized carbons (Fsp3) is 0.455. The van der Waals surface area contributed by atoms with E-state index in [2.05, 4.69) is 10.3 Å². The van der Waals surface area contributed by atoms with E-state index < -0.39 is 12.1 Å². The summed E-state index contributed by atoms with van der Waals surface area (Å²) < 4.78 is 18.2. The molecular formula is C11H14FN3O2. The molecule has 0 spiro atoms. The molecule has 1 saturated heterocycles. The first-order chi connectivity index (χ1) is 8.19. The fourth-order valence-corrected chi connectivity index (χ4v) is 1.76. The maximum absolute atomic E-state index is 12.8. The number of aromatic nitrogens is 1. The van der Waals surface area contributed by atoms with Gasteiger partial charge in [-0.05, 0) is 25.0 Å². The number of carbonyl (C=O) groups is 1. The number of nitrogens with one attached hydrogen (secondary N) is 1. The van der Waals surface area contributed by atoms with Crippen LogP contribution in [0.2, 0.25) is 0 Å². The average Bonchev–Trinajstić information content (AvgIpc) is 2.77. The number of rotatable bonds is 3. The van der Waals surface area contributed by atoms with Crippen molar-refractivity contribution in [3.63, 3.8) is 0 Å². The molecule has 2 unspecified atom stereocenters. The predicted octanol–water partition coefficient (Wildman–Crippen LogP) is 0.665. The summed E-state index contributed by atoms with van der Waals surface area (Å²) in [7, 11) is 0. The molecule has 92 valence electrons. The monoisotopic (exact) mass is 239 g/mol. The Hall–Kier alpha value is -1.53. The minimum atomic E-state index is -0.630. The third-order valence-electron chi connectivity index (χ3n) is 2.63. The number of nitrogens with two attached hydrogens (primary N) is 1. The summed E-state index contributed by atoms with van der Waals surface area (Å²) >= 11 is 0. The van der Waals surface area contributed by atoms with Crippen LogP contribution in [0.5, 0.6) is 0 Å². The van der Waals surface area contributed by atoms with Crippen LogP contribution in [-0.2, 0) is 9.53 Å². The van der Waals surface area contributed by atoms with Crippen LogP contribution < -0.4 is 11.1 Å². The van der Waals surface area contributed by atoms with Gasteiger partial charge in [-0.25, -0.2) is 4.98 Å². The van der Waals surface area contributed by atoms with Crippen LogP contribution in [0.4, 0.5) is 10.2 Å². The van der Waals surface area contributed by atoms with Crippen molar-refractivity contribution in [3.05, 3.63) is 24.1 Å². The SMILES string of the molecule is NCC1CCC(C(=O)Nc2cccc(F)n2)O1. The van der Waals surface area contributed by atoms with Gasteiger partial charge in [0.15, 0.2) is 0 Å².